The summed E-state index contributed by atoms with van der Waals surface area (Å²) in [6.45, 7) is 1.96. The maximum atomic E-state index is 12.6. The lowest BCUT2D eigenvalue weighted by molar-refractivity contribution is -0.117. The second kappa shape index (κ2) is 6.29. The summed E-state index contributed by atoms with van der Waals surface area (Å²) < 4.78 is 2.39. The Hall–Kier alpha value is -2.74. The molecule has 1 aromatic heterocycles. The van der Waals surface area contributed by atoms with Crippen LogP contribution in [0.2, 0.25) is 5.02 Å². The highest BCUT2D eigenvalue weighted by atomic mass is 35.5. The first-order valence-electron chi connectivity index (χ1n) is 7.68. The Morgan fingerprint density at radius 3 is 2.48 bits per heavy atom. The third kappa shape index (κ3) is 2.89. The van der Waals surface area contributed by atoms with Gasteiger partial charge in [-0.3, -0.25) is 18.7 Å². The molecule has 0 aliphatic carbocycles. The van der Waals surface area contributed by atoms with Crippen LogP contribution in [0.4, 0.5) is 17.2 Å². The van der Waals surface area contributed by atoms with Crippen LogP contribution >= 0.6 is 11.6 Å². The van der Waals surface area contributed by atoms with E-state index in [0.717, 1.165) is 4.57 Å². The number of hydrogen-bond acceptors (Lipinski definition) is 5. The van der Waals surface area contributed by atoms with Crippen LogP contribution in [-0.2, 0) is 18.9 Å². The lowest BCUT2D eigenvalue weighted by Crippen LogP contribution is -2.45. The van der Waals surface area contributed by atoms with Crippen molar-refractivity contribution in [2.75, 3.05) is 22.2 Å². The highest BCUT2D eigenvalue weighted by molar-refractivity contribution is 6.30. The van der Waals surface area contributed by atoms with Gasteiger partial charge in [0, 0.05) is 24.8 Å². The second-order valence-corrected chi connectivity index (χ2v) is 6.32. The minimum Gasteiger partial charge on any atom is -0.352 e. The Bertz CT molecular complexity index is 948. The SMILES string of the molecule is CC(C(=O)Nc1ccc(Cl)cc1)N1CNc2c1c(=O)n(C)c(=O)n2C. The molecule has 3 rings (SSSR count). The van der Waals surface area contributed by atoms with E-state index in [9.17, 15) is 14.4 Å². The van der Waals surface area contributed by atoms with Crippen molar-refractivity contribution in [1.82, 2.24) is 9.13 Å². The minimum atomic E-state index is -0.616. The van der Waals surface area contributed by atoms with Crippen LogP contribution in [0.15, 0.2) is 33.9 Å². The number of aromatic nitrogens is 2. The first kappa shape index (κ1) is 17.1. The van der Waals surface area contributed by atoms with Gasteiger partial charge in [0.1, 0.15) is 17.5 Å². The number of amides is 1. The van der Waals surface area contributed by atoms with E-state index < -0.39 is 17.3 Å². The van der Waals surface area contributed by atoms with Crippen LogP contribution in [0.1, 0.15) is 6.92 Å². The van der Waals surface area contributed by atoms with E-state index in [4.69, 9.17) is 11.6 Å². The molecule has 0 fully saturated rings. The van der Waals surface area contributed by atoms with Gasteiger partial charge >= 0.3 is 5.69 Å². The summed E-state index contributed by atoms with van der Waals surface area (Å²) in [5, 5.41) is 6.38. The van der Waals surface area contributed by atoms with Gasteiger partial charge in [-0.1, -0.05) is 11.6 Å². The van der Waals surface area contributed by atoms with E-state index in [1.165, 1.54) is 11.6 Å². The van der Waals surface area contributed by atoms with Crippen LogP contribution in [0.5, 0.6) is 0 Å². The number of carbonyl (C=O) groups is 1. The summed E-state index contributed by atoms with van der Waals surface area (Å²) in [4.78, 5) is 38.7. The van der Waals surface area contributed by atoms with Crippen molar-refractivity contribution in [3.8, 4) is 0 Å². The number of hydrogen-bond donors (Lipinski definition) is 2. The number of halogens is 1. The summed E-state index contributed by atoms with van der Waals surface area (Å²) in [5.74, 6) is 0.145. The summed E-state index contributed by atoms with van der Waals surface area (Å²) in [6, 6.07) is 6.15. The van der Waals surface area contributed by atoms with Crippen molar-refractivity contribution in [3.63, 3.8) is 0 Å². The maximum absolute atomic E-state index is 12.6. The highest BCUT2D eigenvalue weighted by Gasteiger charge is 2.32. The van der Waals surface area contributed by atoms with Crippen molar-refractivity contribution < 1.29 is 4.79 Å². The lowest BCUT2D eigenvalue weighted by Gasteiger charge is -2.24. The van der Waals surface area contributed by atoms with E-state index >= 15 is 0 Å². The third-order valence-corrected chi connectivity index (χ3v) is 4.56. The van der Waals surface area contributed by atoms with Crippen molar-refractivity contribution in [2.45, 2.75) is 13.0 Å². The molecule has 2 aromatic rings. The number of rotatable bonds is 3. The van der Waals surface area contributed by atoms with Crippen molar-refractivity contribution in [1.29, 1.82) is 0 Å². The fourth-order valence-corrected chi connectivity index (χ4v) is 2.90. The van der Waals surface area contributed by atoms with E-state index in [-0.39, 0.29) is 12.6 Å². The van der Waals surface area contributed by atoms with E-state index in [0.29, 0.717) is 22.2 Å². The average Bonchev–Trinajstić information content (AvgIpc) is 3.04. The van der Waals surface area contributed by atoms with Gasteiger partial charge in [0.25, 0.3) is 5.56 Å². The van der Waals surface area contributed by atoms with Gasteiger partial charge in [-0.25, -0.2) is 4.79 Å². The second-order valence-electron chi connectivity index (χ2n) is 5.88. The minimum absolute atomic E-state index is 0.261. The Labute approximate surface area is 148 Å². The highest BCUT2D eigenvalue weighted by Crippen LogP contribution is 2.27. The fraction of sp³-hybridized carbons (Fsp3) is 0.312. The predicted molar refractivity (Wildman–Crippen MR) is 97.4 cm³/mol. The molecule has 132 valence electrons. The monoisotopic (exact) mass is 363 g/mol. The van der Waals surface area contributed by atoms with Gasteiger partial charge in [0.05, 0.1) is 6.67 Å². The molecule has 1 aliphatic heterocycles. The molecule has 8 nitrogen and oxygen atoms in total. The molecule has 0 radical (unpaired) electrons. The molecule has 0 saturated heterocycles. The molecule has 1 atom stereocenters. The van der Waals surface area contributed by atoms with Gasteiger partial charge < -0.3 is 15.5 Å². The number of carbonyl (C=O) groups excluding carboxylic acids is 1. The Morgan fingerprint density at radius 1 is 1.20 bits per heavy atom. The topological polar surface area (TPSA) is 88.4 Å². The van der Waals surface area contributed by atoms with Crippen LogP contribution < -0.4 is 26.8 Å². The maximum Gasteiger partial charge on any atom is 0.332 e. The molecule has 1 unspecified atom stereocenters. The Balaban J connectivity index is 1.90. The molecule has 25 heavy (non-hydrogen) atoms. The summed E-state index contributed by atoms with van der Waals surface area (Å²) in [7, 11) is 3.00. The van der Waals surface area contributed by atoms with Crippen molar-refractivity contribution in [2.24, 2.45) is 14.1 Å². The van der Waals surface area contributed by atoms with Gasteiger partial charge in [-0.05, 0) is 31.2 Å². The zero-order valence-corrected chi connectivity index (χ0v) is 14.8. The molecule has 1 aliphatic rings. The molecule has 2 heterocycles. The Kier molecular flexibility index (Phi) is 4.30. The summed E-state index contributed by atoms with van der Waals surface area (Å²) >= 11 is 5.84. The normalized spacial score (nSPS) is 14.0. The third-order valence-electron chi connectivity index (χ3n) is 4.30. The molecule has 1 amide bonds. The standard InChI is InChI=1S/C16H18ClN5O3/c1-9(14(23)19-11-6-4-10(17)5-7-11)22-8-18-13-12(22)15(24)21(3)16(25)20(13)2/h4-7,9,18H,8H2,1-3H3,(H,19,23). The number of benzene rings is 1. The molecule has 0 spiro atoms. The number of anilines is 3. The molecular weight excluding hydrogens is 346 g/mol. The van der Waals surface area contributed by atoms with Crippen LogP contribution in [0.3, 0.4) is 0 Å². The first-order chi connectivity index (χ1) is 11.8. The fourth-order valence-electron chi connectivity index (χ4n) is 2.78. The van der Waals surface area contributed by atoms with Gasteiger partial charge in [-0.2, -0.15) is 0 Å². The quantitative estimate of drug-likeness (QED) is 0.847. The van der Waals surface area contributed by atoms with E-state index in [1.807, 2.05) is 0 Å². The van der Waals surface area contributed by atoms with Gasteiger partial charge in [0.2, 0.25) is 5.91 Å². The smallest absolute Gasteiger partial charge is 0.332 e. The average molecular weight is 364 g/mol. The van der Waals surface area contributed by atoms with Crippen LogP contribution in [-0.4, -0.2) is 27.8 Å². The first-order valence-corrected chi connectivity index (χ1v) is 8.06. The largest absolute Gasteiger partial charge is 0.352 e. The van der Waals surface area contributed by atoms with Crippen LogP contribution in [0, 0.1) is 0 Å². The zero-order valence-electron chi connectivity index (χ0n) is 14.0. The van der Waals surface area contributed by atoms with Crippen molar-refractivity contribution in [3.05, 3.63) is 50.1 Å². The predicted octanol–water partition coefficient (Wildman–Crippen LogP) is 0.954. The number of fused-ring (bicyclic) bond motifs is 1. The number of nitrogens with one attached hydrogen (secondary N) is 2. The molecule has 0 saturated carbocycles. The van der Waals surface area contributed by atoms with E-state index in [1.54, 1.807) is 43.1 Å². The molecule has 9 heteroatoms. The molecule has 0 bridgehead atoms. The molecule has 2 N–H and O–H groups in total. The van der Waals surface area contributed by atoms with Crippen molar-refractivity contribution >= 4 is 34.7 Å². The van der Waals surface area contributed by atoms with Gasteiger partial charge in [-0.15, -0.1) is 0 Å². The lowest BCUT2D eigenvalue weighted by atomic mass is 10.2. The Morgan fingerprint density at radius 2 is 1.84 bits per heavy atom. The van der Waals surface area contributed by atoms with Gasteiger partial charge in [0.15, 0.2) is 0 Å². The molecule has 1 aromatic carbocycles. The zero-order chi connectivity index (χ0) is 18.3. The summed E-state index contributed by atoms with van der Waals surface area (Å²) in [6.07, 6.45) is 0. The van der Waals surface area contributed by atoms with Crippen LogP contribution in [0.25, 0.3) is 0 Å². The number of nitrogens with zero attached hydrogens (tertiary/aromatic N) is 3. The molecular formula is C16H18ClN5O3. The van der Waals surface area contributed by atoms with E-state index in [2.05, 4.69) is 10.6 Å². The summed E-state index contributed by atoms with van der Waals surface area (Å²) in [5.41, 5.74) is 0.0657.